The Labute approximate surface area is 184 Å². The number of nitrogens with zero attached hydrogens (tertiary/aromatic N) is 2. The van der Waals surface area contributed by atoms with Gasteiger partial charge in [-0.05, 0) is 63.6 Å². The molecule has 1 amide bonds. The molecular formula is C23H24F3N5O. The third-order valence-electron chi connectivity index (χ3n) is 4.31. The van der Waals surface area contributed by atoms with Crippen molar-refractivity contribution in [3.8, 4) is 11.3 Å². The lowest BCUT2D eigenvalue weighted by atomic mass is 10.1. The molecule has 1 heterocycles. The molecule has 0 aliphatic rings. The van der Waals surface area contributed by atoms with Crippen molar-refractivity contribution in [1.29, 1.82) is 0 Å². The van der Waals surface area contributed by atoms with Crippen LogP contribution in [-0.2, 0) is 6.18 Å². The number of aromatic amines is 1. The van der Waals surface area contributed by atoms with E-state index in [0.29, 0.717) is 5.82 Å². The van der Waals surface area contributed by atoms with Gasteiger partial charge < -0.3 is 5.32 Å². The molecule has 0 spiro atoms. The second-order valence-electron chi connectivity index (χ2n) is 8.32. The highest BCUT2D eigenvalue weighted by Gasteiger charge is 2.30. The summed E-state index contributed by atoms with van der Waals surface area (Å²) < 4.78 is 38.3. The van der Waals surface area contributed by atoms with Crippen LogP contribution >= 0.6 is 0 Å². The Morgan fingerprint density at radius 2 is 1.72 bits per heavy atom. The molecule has 0 aliphatic carbocycles. The van der Waals surface area contributed by atoms with Crippen LogP contribution in [-0.4, -0.2) is 27.6 Å². The lowest BCUT2D eigenvalue weighted by Crippen LogP contribution is -2.38. The van der Waals surface area contributed by atoms with Crippen LogP contribution in [0.15, 0.2) is 59.6 Å². The molecule has 3 rings (SSSR count). The number of alkyl halides is 3. The Kier molecular flexibility index (Phi) is 6.38. The van der Waals surface area contributed by atoms with E-state index in [9.17, 15) is 18.0 Å². The quantitative estimate of drug-likeness (QED) is 0.374. The van der Waals surface area contributed by atoms with Gasteiger partial charge in [0.2, 0.25) is 5.96 Å². The van der Waals surface area contributed by atoms with Crippen LogP contribution in [0.5, 0.6) is 0 Å². The molecule has 0 bridgehead atoms. The summed E-state index contributed by atoms with van der Waals surface area (Å²) in [7, 11) is 0. The number of nitrogens with one attached hydrogen (secondary N) is 3. The van der Waals surface area contributed by atoms with Crippen molar-refractivity contribution >= 4 is 17.7 Å². The Hall–Kier alpha value is -3.62. The van der Waals surface area contributed by atoms with E-state index < -0.39 is 23.2 Å². The van der Waals surface area contributed by atoms with E-state index in [2.05, 4.69) is 25.8 Å². The van der Waals surface area contributed by atoms with Crippen molar-refractivity contribution in [3.63, 3.8) is 0 Å². The van der Waals surface area contributed by atoms with E-state index in [1.54, 1.807) is 6.07 Å². The van der Waals surface area contributed by atoms with Gasteiger partial charge in [0.1, 0.15) is 0 Å². The molecule has 2 aromatic carbocycles. The second kappa shape index (κ2) is 8.86. The summed E-state index contributed by atoms with van der Waals surface area (Å²) in [5.41, 5.74) is 1.55. The number of H-pyrrole nitrogens is 1. The second-order valence-corrected chi connectivity index (χ2v) is 8.32. The van der Waals surface area contributed by atoms with Crippen LogP contribution in [0.3, 0.4) is 0 Å². The SMILES string of the molecule is Cc1cccc(-c2cc(NC(=NC(C)(C)C)NC(=O)c3ccc(C(F)(F)F)cc3)n[nH]2)c1. The Bertz CT molecular complexity index is 1130. The molecule has 3 N–H and O–H groups in total. The maximum atomic E-state index is 12.8. The molecule has 0 fully saturated rings. The average Bonchev–Trinajstić information content (AvgIpc) is 3.14. The number of aromatic nitrogens is 2. The number of anilines is 1. The predicted octanol–water partition coefficient (Wildman–Crippen LogP) is 5.40. The minimum absolute atomic E-state index is 0.0730. The molecule has 168 valence electrons. The van der Waals surface area contributed by atoms with Gasteiger partial charge in [0.15, 0.2) is 5.82 Å². The number of carbonyl (C=O) groups excluding carboxylic acids is 1. The monoisotopic (exact) mass is 443 g/mol. The molecule has 0 radical (unpaired) electrons. The number of aryl methyl sites for hydroxylation is 1. The smallest absolute Gasteiger partial charge is 0.309 e. The number of hydrogen-bond acceptors (Lipinski definition) is 3. The van der Waals surface area contributed by atoms with Gasteiger partial charge in [0.05, 0.1) is 16.8 Å². The maximum absolute atomic E-state index is 12.8. The third kappa shape index (κ3) is 6.19. The highest BCUT2D eigenvalue weighted by atomic mass is 19.4. The molecule has 6 nitrogen and oxygen atoms in total. The zero-order valence-corrected chi connectivity index (χ0v) is 18.1. The first kappa shape index (κ1) is 23.1. The van der Waals surface area contributed by atoms with Gasteiger partial charge in [0, 0.05) is 11.6 Å². The average molecular weight is 443 g/mol. The predicted molar refractivity (Wildman–Crippen MR) is 118 cm³/mol. The summed E-state index contributed by atoms with van der Waals surface area (Å²) in [5, 5.41) is 12.7. The molecule has 0 saturated carbocycles. The van der Waals surface area contributed by atoms with Gasteiger partial charge in [-0.25, -0.2) is 4.99 Å². The molecule has 3 aromatic rings. The first-order valence-corrected chi connectivity index (χ1v) is 9.89. The van der Waals surface area contributed by atoms with Crippen LogP contribution in [0.4, 0.5) is 19.0 Å². The molecule has 9 heteroatoms. The Balaban J connectivity index is 1.79. The van der Waals surface area contributed by atoms with E-state index in [-0.39, 0.29) is 11.5 Å². The van der Waals surface area contributed by atoms with Crippen molar-refractivity contribution < 1.29 is 18.0 Å². The normalized spacial score (nSPS) is 12.5. The third-order valence-corrected chi connectivity index (χ3v) is 4.31. The number of carbonyl (C=O) groups is 1. The van der Waals surface area contributed by atoms with Gasteiger partial charge in [0.25, 0.3) is 5.91 Å². The summed E-state index contributed by atoms with van der Waals surface area (Å²) in [6, 6.07) is 13.6. The van der Waals surface area contributed by atoms with E-state index in [1.165, 1.54) is 0 Å². The van der Waals surface area contributed by atoms with Gasteiger partial charge in [-0.2, -0.15) is 18.3 Å². The van der Waals surface area contributed by atoms with Gasteiger partial charge in [-0.1, -0.05) is 23.8 Å². The summed E-state index contributed by atoms with van der Waals surface area (Å²) in [6.07, 6.45) is -4.47. The minimum Gasteiger partial charge on any atom is -0.309 e. The largest absolute Gasteiger partial charge is 0.416 e. The van der Waals surface area contributed by atoms with Gasteiger partial charge >= 0.3 is 6.18 Å². The number of hydrogen-bond donors (Lipinski definition) is 3. The molecule has 32 heavy (non-hydrogen) atoms. The lowest BCUT2D eigenvalue weighted by molar-refractivity contribution is -0.137. The number of rotatable bonds is 3. The standard InChI is InChI=1S/C23H24F3N5O/c1-14-6-5-7-16(12-14)18-13-19(31-30-18)27-21(29-22(2,3)4)28-20(32)15-8-10-17(11-9-15)23(24,25)26/h5-13H,1-4H3,(H3,27,28,29,30,31,32). The van der Waals surface area contributed by atoms with E-state index in [1.807, 2.05) is 52.0 Å². The highest BCUT2D eigenvalue weighted by molar-refractivity contribution is 6.09. The lowest BCUT2D eigenvalue weighted by Gasteiger charge is -2.17. The van der Waals surface area contributed by atoms with E-state index >= 15 is 0 Å². The van der Waals surface area contributed by atoms with Crippen molar-refractivity contribution in [1.82, 2.24) is 15.5 Å². The number of guanidine groups is 1. The minimum atomic E-state index is -4.47. The molecular weight excluding hydrogens is 419 g/mol. The van der Waals surface area contributed by atoms with Crippen LogP contribution in [0.2, 0.25) is 0 Å². The van der Waals surface area contributed by atoms with Crippen molar-refractivity contribution in [2.24, 2.45) is 4.99 Å². The number of amides is 1. The van der Waals surface area contributed by atoms with Crippen molar-refractivity contribution in [2.45, 2.75) is 39.4 Å². The number of halogens is 3. The van der Waals surface area contributed by atoms with Crippen molar-refractivity contribution in [3.05, 3.63) is 71.3 Å². The molecule has 0 aliphatic heterocycles. The fourth-order valence-electron chi connectivity index (χ4n) is 2.88. The summed E-state index contributed by atoms with van der Waals surface area (Å²) >= 11 is 0. The highest BCUT2D eigenvalue weighted by Crippen LogP contribution is 2.29. The first-order valence-electron chi connectivity index (χ1n) is 9.89. The van der Waals surface area contributed by atoms with Crippen LogP contribution in [0.25, 0.3) is 11.3 Å². The van der Waals surface area contributed by atoms with Gasteiger partial charge in [-0.3, -0.25) is 15.2 Å². The van der Waals surface area contributed by atoms with Crippen LogP contribution in [0.1, 0.15) is 42.3 Å². The zero-order chi connectivity index (χ0) is 23.5. The topological polar surface area (TPSA) is 82.2 Å². The zero-order valence-electron chi connectivity index (χ0n) is 18.1. The maximum Gasteiger partial charge on any atom is 0.416 e. The molecule has 0 atom stereocenters. The van der Waals surface area contributed by atoms with Crippen LogP contribution in [0, 0.1) is 6.92 Å². The fourth-order valence-corrected chi connectivity index (χ4v) is 2.88. The Morgan fingerprint density at radius 3 is 2.31 bits per heavy atom. The molecule has 0 saturated heterocycles. The number of aliphatic imine (C=N–C) groups is 1. The first-order chi connectivity index (χ1) is 14.9. The number of benzene rings is 2. The molecule has 1 aromatic heterocycles. The fraction of sp³-hybridized carbons (Fsp3) is 0.261. The van der Waals surface area contributed by atoms with E-state index in [0.717, 1.165) is 41.1 Å². The Morgan fingerprint density at radius 1 is 1.03 bits per heavy atom. The molecule has 0 unspecified atom stereocenters. The summed E-state index contributed by atoms with van der Waals surface area (Å²) in [5.74, 6) is -0.0365. The van der Waals surface area contributed by atoms with Crippen LogP contribution < -0.4 is 10.6 Å². The van der Waals surface area contributed by atoms with E-state index in [4.69, 9.17) is 0 Å². The summed E-state index contributed by atoms with van der Waals surface area (Å²) in [4.78, 5) is 17.1. The van der Waals surface area contributed by atoms with Gasteiger partial charge in [-0.15, -0.1) is 0 Å². The van der Waals surface area contributed by atoms with Crippen molar-refractivity contribution in [2.75, 3.05) is 5.32 Å². The summed E-state index contributed by atoms with van der Waals surface area (Å²) in [6.45, 7) is 7.54.